The van der Waals surface area contributed by atoms with Crippen LogP contribution in [0, 0.1) is 5.41 Å². The minimum Gasteiger partial charge on any atom is -0.368 e. The molecule has 2 rings (SSSR count). The number of H-pyrrole nitrogens is 1. The topological polar surface area (TPSA) is 84.7 Å². The summed E-state index contributed by atoms with van der Waals surface area (Å²) in [5.41, 5.74) is 5.28. The van der Waals surface area contributed by atoms with E-state index in [2.05, 4.69) is 28.8 Å². The molecule has 0 amide bonds. The number of aromatic amines is 1. The molecule has 1 saturated carbocycles. The van der Waals surface area contributed by atoms with Crippen LogP contribution in [0.3, 0.4) is 0 Å². The maximum Gasteiger partial charge on any atom is 0.349 e. The summed E-state index contributed by atoms with van der Waals surface area (Å²) in [6.07, 6.45) is 4.64. The van der Waals surface area contributed by atoms with E-state index >= 15 is 0 Å². The van der Waals surface area contributed by atoms with Crippen LogP contribution in [-0.2, 0) is 0 Å². The Bertz CT molecular complexity index is 438. The second-order valence-corrected chi connectivity index (χ2v) is 5.18. The molecular formula is C11H18N4O. The van der Waals surface area contributed by atoms with E-state index in [0.717, 1.165) is 12.8 Å². The molecule has 0 radical (unpaired) electrons. The van der Waals surface area contributed by atoms with E-state index in [1.54, 1.807) is 0 Å². The Hall–Kier alpha value is -1.39. The molecule has 5 heteroatoms. The number of nitrogens with two attached hydrogens (primary N) is 1. The maximum atomic E-state index is 11.3. The Kier molecular flexibility index (Phi) is 2.69. The molecule has 3 N–H and O–H groups in total. The molecule has 1 aromatic rings. The second kappa shape index (κ2) is 3.88. The Morgan fingerprint density at radius 1 is 1.38 bits per heavy atom. The lowest BCUT2D eigenvalue weighted by Gasteiger charge is -2.37. The van der Waals surface area contributed by atoms with Gasteiger partial charge in [0, 0.05) is 5.92 Å². The van der Waals surface area contributed by atoms with Crippen LogP contribution in [0.25, 0.3) is 0 Å². The Morgan fingerprint density at radius 2 is 2.12 bits per heavy atom. The summed E-state index contributed by atoms with van der Waals surface area (Å²) in [7, 11) is 0. The molecule has 0 aliphatic heterocycles. The van der Waals surface area contributed by atoms with Crippen molar-refractivity contribution in [2.45, 2.75) is 45.4 Å². The highest BCUT2D eigenvalue weighted by atomic mass is 16.1. The van der Waals surface area contributed by atoms with Gasteiger partial charge in [0.25, 0.3) is 0 Å². The van der Waals surface area contributed by atoms with Crippen molar-refractivity contribution in [3.05, 3.63) is 16.3 Å². The largest absolute Gasteiger partial charge is 0.368 e. The van der Waals surface area contributed by atoms with Gasteiger partial charge in [0.15, 0.2) is 0 Å². The number of nitrogens with one attached hydrogen (secondary N) is 1. The van der Waals surface area contributed by atoms with Crippen molar-refractivity contribution in [2.75, 3.05) is 5.73 Å². The smallest absolute Gasteiger partial charge is 0.349 e. The predicted octanol–water partition coefficient (Wildman–Crippen LogP) is 1.43. The van der Waals surface area contributed by atoms with Crippen LogP contribution >= 0.6 is 0 Å². The molecule has 0 saturated heterocycles. The van der Waals surface area contributed by atoms with Gasteiger partial charge in [0.1, 0.15) is 5.82 Å². The number of nitrogen functional groups attached to an aromatic ring is 1. The first-order valence-electron chi connectivity index (χ1n) is 5.73. The van der Waals surface area contributed by atoms with Gasteiger partial charge in [0.2, 0.25) is 5.95 Å². The fourth-order valence-electron chi connectivity index (χ4n) is 2.58. The van der Waals surface area contributed by atoms with E-state index in [-0.39, 0.29) is 17.3 Å². The summed E-state index contributed by atoms with van der Waals surface area (Å²) in [4.78, 5) is 21.7. The Labute approximate surface area is 94.5 Å². The summed E-state index contributed by atoms with van der Waals surface area (Å²) in [5, 5.41) is 0. The molecule has 1 atom stereocenters. The van der Waals surface area contributed by atoms with Crippen LogP contribution < -0.4 is 11.4 Å². The fraction of sp³-hybridized carbons (Fsp3) is 0.727. The first-order valence-corrected chi connectivity index (χ1v) is 5.73. The molecule has 1 aliphatic carbocycles. The van der Waals surface area contributed by atoms with Gasteiger partial charge in [-0.15, -0.1) is 0 Å². The first-order chi connectivity index (χ1) is 7.49. The van der Waals surface area contributed by atoms with Crippen LogP contribution in [0.2, 0.25) is 0 Å². The molecule has 1 unspecified atom stereocenters. The summed E-state index contributed by atoms with van der Waals surface area (Å²) in [6.45, 7) is 4.43. The van der Waals surface area contributed by atoms with Crippen molar-refractivity contribution < 1.29 is 0 Å². The lowest BCUT2D eigenvalue weighted by molar-refractivity contribution is 0.192. The first kappa shape index (κ1) is 11.1. The number of aromatic nitrogens is 3. The highest BCUT2D eigenvalue weighted by Gasteiger charge is 2.35. The zero-order valence-electron chi connectivity index (χ0n) is 9.79. The van der Waals surface area contributed by atoms with Gasteiger partial charge in [-0.2, -0.15) is 9.97 Å². The van der Waals surface area contributed by atoms with Crippen LogP contribution in [0.4, 0.5) is 5.95 Å². The minimum absolute atomic E-state index is 0.0696. The van der Waals surface area contributed by atoms with E-state index in [9.17, 15) is 4.79 Å². The van der Waals surface area contributed by atoms with Gasteiger partial charge in [-0.3, -0.25) is 4.98 Å². The molecule has 1 aromatic heterocycles. The molecule has 1 fully saturated rings. The van der Waals surface area contributed by atoms with Gasteiger partial charge >= 0.3 is 5.69 Å². The molecule has 16 heavy (non-hydrogen) atoms. The van der Waals surface area contributed by atoms with Gasteiger partial charge in [-0.1, -0.05) is 26.7 Å². The maximum absolute atomic E-state index is 11.3. The molecule has 0 bridgehead atoms. The molecule has 0 spiro atoms. The van der Waals surface area contributed by atoms with E-state index in [4.69, 9.17) is 5.73 Å². The lowest BCUT2D eigenvalue weighted by Crippen LogP contribution is -2.30. The third-order valence-corrected chi connectivity index (χ3v) is 3.52. The van der Waals surface area contributed by atoms with E-state index < -0.39 is 5.69 Å². The van der Waals surface area contributed by atoms with Crippen molar-refractivity contribution in [1.29, 1.82) is 0 Å². The zero-order chi connectivity index (χ0) is 11.8. The Balaban J connectivity index is 2.38. The highest BCUT2D eigenvalue weighted by molar-refractivity contribution is 5.16. The quantitative estimate of drug-likeness (QED) is 0.752. The number of hydrogen-bond acceptors (Lipinski definition) is 4. The fourth-order valence-corrected chi connectivity index (χ4v) is 2.58. The Morgan fingerprint density at radius 3 is 2.75 bits per heavy atom. The number of nitrogens with zero attached hydrogens (tertiary/aromatic N) is 2. The van der Waals surface area contributed by atoms with Gasteiger partial charge in [-0.05, 0) is 18.3 Å². The third-order valence-electron chi connectivity index (χ3n) is 3.52. The summed E-state index contributed by atoms with van der Waals surface area (Å²) < 4.78 is 0. The van der Waals surface area contributed by atoms with Crippen molar-refractivity contribution >= 4 is 5.95 Å². The molecular weight excluding hydrogens is 204 g/mol. The molecule has 0 aromatic carbocycles. The normalized spacial score (nSPS) is 24.2. The second-order valence-electron chi connectivity index (χ2n) is 5.18. The van der Waals surface area contributed by atoms with Gasteiger partial charge < -0.3 is 5.73 Å². The van der Waals surface area contributed by atoms with E-state index in [0.29, 0.717) is 5.82 Å². The SMILES string of the molecule is CC1(C)CCCCC1c1nc(N)nc(=O)[nH]1. The van der Waals surface area contributed by atoms with Crippen LogP contribution in [-0.4, -0.2) is 15.0 Å². The van der Waals surface area contributed by atoms with Crippen LogP contribution in [0.5, 0.6) is 0 Å². The third kappa shape index (κ3) is 2.08. The van der Waals surface area contributed by atoms with Crippen LogP contribution in [0.15, 0.2) is 4.79 Å². The van der Waals surface area contributed by atoms with E-state index in [1.807, 2.05) is 0 Å². The zero-order valence-corrected chi connectivity index (χ0v) is 9.79. The predicted molar refractivity (Wildman–Crippen MR) is 62.1 cm³/mol. The number of rotatable bonds is 1. The molecule has 5 nitrogen and oxygen atoms in total. The van der Waals surface area contributed by atoms with Crippen LogP contribution in [0.1, 0.15) is 51.3 Å². The van der Waals surface area contributed by atoms with Crippen molar-refractivity contribution in [3.8, 4) is 0 Å². The molecule has 1 aliphatic rings. The lowest BCUT2D eigenvalue weighted by atomic mass is 9.68. The minimum atomic E-state index is -0.399. The van der Waals surface area contributed by atoms with Crippen molar-refractivity contribution in [3.63, 3.8) is 0 Å². The van der Waals surface area contributed by atoms with E-state index in [1.165, 1.54) is 12.8 Å². The average Bonchev–Trinajstić information content (AvgIpc) is 2.15. The monoisotopic (exact) mass is 222 g/mol. The standard InChI is InChI=1S/C11H18N4O/c1-11(2)6-4-3-5-7(11)8-13-9(12)15-10(16)14-8/h7H,3-6H2,1-2H3,(H3,12,13,14,15,16). The summed E-state index contributed by atoms with van der Waals surface area (Å²) >= 11 is 0. The average molecular weight is 222 g/mol. The number of anilines is 1. The summed E-state index contributed by atoms with van der Waals surface area (Å²) in [6, 6.07) is 0. The highest BCUT2D eigenvalue weighted by Crippen LogP contribution is 2.45. The molecule has 88 valence electrons. The number of hydrogen-bond donors (Lipinski definition) is 2. The van der Waals surface area contributed by atoms with Crippen molar-refractivity contribution in [1.82, 2.24) is 15.0 Å². The van der Waals surface area contributed by atoms with Crippen molar-refractivity contribution in [2.24, 2.45) is 5.41 Å². The molecule has 1 heterocycles. The summed E-state index contributed by atoms with van der Waals surface area (Å²) in [5.74, 6) is 1.04. The van der Waals surface area contributed by atoms with Gasteiger partial charge in [-0.25, -0.2) is 4.79 Å². The van der Waals surface area contributed by atoms with Gasteiger partial charge in [0.05, 0.1) is 0 Å².